The number of phenols is 1. The van der Waals surface area contributed by atoms with Gasteiger partial charge in [-0.2, -0.15) is 11.8 Å². The molecule has 4 unspecified atom stereocenters. The molecule has 0 aliphatic heterocycles. The van der Waals surface area contributed by atoms with Crippen molar-refractivity contribution >= 4 is 41.4 Å². The number of carbonyl (C=O) groups is 5. The minimum Gasteiger partial charge on any atom is -0.508 e. The number of nitrogens with two attached hydrogens (primary N) is 2. The Morgan fingerprint density at radius 2 is 1.54 bits per heavy atom. The molecule has 0 saturated carbocycles. The third kappa shape index (κ3) is 11.1. The fraction of sp³-hybridized carbons (Fsp3) is 0.500. The molecule has 1 aromatic rings. The van der Waals surface area contributed by atoms with Crippen molar-refractivity contribution in [3.63, 3.8) is 0 Å². The summed E-state index contributed by atoms with van der Waals surface area (Å²) in [6, 6.07) is 1.64. The summed E-state index contributed by atoms with van der Waals surface area (Å²) < 4.78 is 0. The van der Waals surface area contributed by atoms with E-state index in [0.29, 0.717) is 11.3 Å². The second-order valence-electron chi connectivity index (χ2n) is 7.95. The van der Waals surface area contributed by atoms with Crippen LogP contribution in [0.4, 0.5) is 0 Å². The maximum absolute atomic E-state index is 12.8. The van der Waals surface area contributed by atoms with Crippen LogP contribution in [0.5, 0.6) is 5.75 Å². The number of hydrogen-bond donors (Lipinski definition) is 7. The molecule has 13 heteroatoms. The summed E-state index contributed by atoms with van der Waals surface area (Å²) in [6.45, 7) is 1.37. The molecule has 4 atom stereocenters. The van der Waals surface area contributed by atoms with Crippen molar-refractivity contribution in [3.8, 4) is 5.75 Å². The fourth-order valence-corrected chi connectivity index (χ4v) is 3.45. The van der Waals surface area contributed by atoms with E-state index in [1.165, 1.54) is 30.8 Å². The summed E-state index contributed by atoms with van der Waals surface area (Å²) in [5, 5.41) is 25.9. The molecular formula is C22H33N5O7S. The van der Waals surface area contributed by atoms with Crippen molar-refractivity contribution in [1.29, 1.82) is 0 Å². The van der Waals surface area contributed by atoms with Crippen molar-refractivity contribution in [2.45, 2.75) is 56.8 Å². The molecule has 0 radical (unpaired) electrons. The number of thioether (sulfide) groups is 1. The minimum atomic E-state index is -1.21. The number of primary amides is 1. The van der Waals surface area contributed by atoms with Crippen LogP contribution in [-0.2, 0) is 30.4 Å². The van der Waals surface area contributed by atoms with E-state index in [-0.39, 0.29) is 31.4 Å². The standard InChI is InChI=1S/C22H33N5O7S/c1-12(19(30)27-17(22(33)34)9-10-35-2)25-21(32)16(7-8-18(24)29)26-20(31)15(23)11-13-3-5-14(28)6-4-13/h3-6,12,15-17,28H,7-11,23H2,1-2H3,(H2,24,29)(H,25,32)(H,26,31)(H,27,30)(H,33,34). The topological polar surface area (TPSA) is 214 Å². The number of aliphatic carboxylic acids is 1. The number of rotatable bonds is 15. The average molecular weight is 512 g/mol. The third-order valence-electron chi connectivity index (χ3n) is 5.02. The van der Waals surface area contributed by atoms with Gasteiger partial charge >= 0.3 is 5.97 Å². The van der Waals surface area contributed by atoms with E-state index >= 15 is 0 Å². The molecule has 0 aliphatic rings. The molecule has 9 N–H and O–H groups in total. The molecule has 0 bridgehead atoms. The highest BCUT2D eigenvalue weighted by molar-refractivity contribution is 7.98. The first kappa shape index (κ1) is 29.7. The highest BCUT2D eigenvalue weighted by Gasteiger charge is 2.28. The largest absolute Gasteiger partial charge is 0.508 e. The third-order valence-corrected chi connectivity index (χ3v) is 5.66. The fourth-order valence-electron chi connectivity index (χ4n) is 2.98. The first-order valence-corrected chi connectivity index (χ1v) is 12.3. The van der Waals surface area contributed by atoms with Crippen LogP contribution < -0.4 is 27.4 Å². The molecule has 1 aromatic carbocycles. The Morgan fingerprint density at radius 3 is 2.09 bits per heavy atom. The predicted molar refractivity (Wildman–Crippen MR) is 130 cm³/mol. The van der Waals surface area contributed by atoms with E-state index in [1.807, 2.05) is 0 Å². The van der Waals surface area contributed by atoms with Crippen LogP contribution in [-0.4, -0.2) is 76.0 Å². The van der Waals surface area contributed by atoms with Crippen molar-refractivity contribution in [2.24, 2.45) is 11.5 Å². The number of benzene rings is 1. The summed E-state index contributed by atoms with van der Waals surface area (Å²) in [6.07, 6.45) is 1.81. The molecule has 0 aromatic heterocycles. The number of hydrogen-bond acceptors (Lipinski definition) is 8. The molecule has 4 amide bonds. The van der Waals surface area contributed by atoms with Crippen LogP contribution in [0.25, 0.3) is 0 Å². The van der Waals surface area contributed by atoms with E-state index in [2.05, 4.69) is 16.0 Å². The molecule has 0 saturated heterocycles. The summed E-state index contributed by atoms with van der Waals surface area (Å²) in [5.41, 5.74) is 11.8. The summed E-state index contributed by atoms with van der Waals surface area (Å²) in [7, 11) is 0. The highest BCUT2D eigenvalue weighted by atomic mass is 32.2. The Morgan fingerprint density at radius 1 is 0.943 bits per heavy atom. The number of nitrogens with one attached hydrogen (secondary N) is 3. The van der Waals surface area contributed by atoms with Crippen LogP contribution in [0.15, 0.2) is 24.3 Å². The zero-order valence-electron chi connectivity index (χ0n) is 19.7. The Bertz CT molecular complexity index is 897. The van der Waals surface area contributed by atoms with Gasteiger partial charge in [-0.3, -0.25) is 19.2 Å². The molecule has 0 heterocycles. The Labute approximate surface area is 207 Å². The normalized spacial score (nSPS) is 14.1. The van der Waals surface area contributed by atoms with Gasteiger partial charge in [0.25, 0.3) is 0 Å². The van der Waals surface area contributed by atoms with Crippen LogP contribution in [0, 0.1) is 0 Å². The van der Waals surface area contributed by atoms with E-state index < -0.39 is 53.8 Å². The lowest BCUT2D eigenvalue weighted by Crippen LogP contribution is -2.56. The molecule has 1 rings (SSSR count). The van der Waals surface area contributed by atoms with Gasteiger partial charge in [-0.05, 0) is 55.9 Å². The molecule has 194 valence electrons. The minimum absolute atomic E-state index is 0.0621. The first-order valence-electron chi connectivity index (χ1n) is 10.9. The summed E-state index contributed by atoms with van der Waals surface area (Å²) >= 11 is 1.43. The number of aromatic hydroxyl groups is 1. The number of amides is 4. The second kappa shape index (κ2) is 14.8. The number of carbonyl (C=O) groups excluding carboxylic acids is 4. The quantitative estimate of drug-likeness (QED) is 0.151. The van der Waals surface area contributed by atoms with E-state index in [4.69, 9.17) is 11.5 Å². The Hall–Kier alpha value is -3.32. The van der Waals surface area contributed by atoms with Crippen LogP contribution in [0.3, 0.4) is 0 Å². The van der Waals surface area contributed by atoms with Gasteiger partial charge in [0.2, 0.25) is 23.6 Å². The molecule has 12 nitrogen and oxygen atoms in total. The number of phenolic OH excluding ortho intramolecular Hbond substituents is 1. The maximum atomic E-state index is 12.8. The van der Waals surface area contributed by atoms with Gasteiger partial charge in [-0.15, -0.1) is 0 Å². The average Bonchev–Trinajstić information content (AvgIpc) is 2.79. The van der Waals surface area contributed by atoms with Gasteiger partial charge in [-0.25, -0.2) is 4.79 Å². The summed E-state index contributed by atoms with van der Waals surface area (Å²) in [4.78, 5) is 60.3. The number of carboxylic acid groups (broad SMARTS) is 1. The zero-order chi connectivity index (χ0) is 26.5. The van der Waals surface area contributed by atoms with Crippen molar-refractivity contribution in [1.82, 2.24) is 16.0 Å². The van der Waals surface area contributed by atoms with E-state index in [0.717, 1.165) is 0 Å². The molecule has 0 spiro atoms. The Kier molecular flexibility index (Phi) is 12.6. The predicted octanol–water partition coefficient (Wildman–Crippen LogP) is -1.16. The lowest BCUT2D eigenvalue weighted by molar-refractivity contribution is -0.142. The van der Waals surface area contributed by atoms with Crippen LogP contribution in [0.1, 0.15) is 31.7 Å². The van der Waals surface area contributed by atoms with E-state index in [1.54, 1.807) is 18.4 Å². The van der Waals surface area contributed by atoms with Gasteiger partial charge in [-0.1, -0.05) is 12.1 Å². The Balaban J connectivity index is 2.79. The second-order valence-corrected chi connectivity index (χ2v) is 8.94. The lowest BCUT2D eigenvalue weighted by Gasteiger charge is -2.23. The SMILES string of the molecule is CSCCC(NC(=O)C(C)NC(=O)C(CCC(N)=O)NC(=O)C(N)Cc1ccc(O)cc1)C(=O)O. The molecule has 35 heavy (non-hydrogen) atoms. The van der Waals surface area contributed by atoms with Crippen molar-refractivity contribution < 1.29 is 34.2 Å². The maximum Gasteiger partial charge on any atom is 0.326 e. The highest BCUT2D eigenvalue weighted by Crippen LogP contribution is 2.11. The van der Waals surface area contributed by atoms with E-state index in [9.17, 15) is 34.2 Å². The lowest BCUT2D eigenvalue weighted by atomic mass is 10.0. The summed E-state index contributed by atoms with van der Waals surface area (Å²) in [5.74, 6) is -3.43. The van der Waals surface area contributed by atoms with Gasteiger partial charge in [0.05, 0.1) is 6.04 Å². The number of carboxylic acids is 1. The van der Waals surface area contributed by atoms with Gasteiger partial charge in [0.15, 0.2) is 0 Å². The van der Waals surface area contributed by atoms with Crippen LogP contribution >= 0.6 is 11.8 Å². The van der Waals surface area contributed by atoms with Crippen LogP contribution in [0.2, 0.25) is 0 Å². The molecular weight excluding hydrogens is 478 g/mol. The molecule has 0 aliphatic carbocycles. The monoisotopic (exact) mass is 511 g/mol. The first-order chi connectivity index (χ1) is 16.4. The smallest absolute Gasteiger partial charge is 0.326 e. The van der Waals surface area contributed by atoms with Gasteiger partial charge in [0, 0.05) is 6.42 Å². The van der Waals surface area contributed by atoms with Gasteiger partial charge < -0.3 is 37.6 Å². The zero-order valence-corrected chi connectivity index (χ0v) is 20.5. The van der Waals surface area contributed by atoms with Crippen molar-refractivity contribution in [3.05, 3.63) is 29.8 Å². The van der Waals surface area contributed by atoms with Gasteiger partial charge in [0.1, 0.15) is 23.9 Å². The van der Waals surface area contributed by atoms with Crippen molar-refractivity contribution in [2.75, 3.05) is 12.0 Å². The molecule has 0 fully saturated rings.